The fourth-order valence-electron chi connectivity index (χ4n) is 3.71. The molecule has 0 radical (unpaired) electrons. The molecule has 0 aliphatic heterocycles. The summed E-state index contributed by atoms with van der Waals surface area (Å²) in [6.45, 7) is 6.66. The molecule has 0 fully saturated rings. The summed E-state index contributed by atoms with van der Waals surface area (Å²) in [7, 11) is 0. The monoisotopic (exact) mass is 433 g/mol. The summed E-state index contributed by atoms with van der Waals surface area (Å²) in [5.41, 5.74) is 10.2. The highest BCUT2D eigenvalue weighted by Gasteiger charge is 2.12. The summed E-state index contributed by atoms with van der Waals surface area (Å²) in [4.78, 5) is 4.81. The zero-order valence-corrected chi connectivity index (χ0v) is 19.6. The van der Waals surface area contributed by atoms with Crippen molar-refractivity contribution in [3.63, 3.8) is 0 Å². The minimum atomic E-state index is 0.138. The van der Waals surface area contributed by atoms with Crippen molar-refractivity contribution in [1.82, 2.24) is 5.43 Å². The van der Waals surface area contributed by atoms with Gasteiger partial charge < -0.3 is 0 Å². The van der Waals surface area contributed by atoms with Gasteiger partial charge in [0, 0.05) is 5.56 Å². The van der Waals surface area contributed by atoms with Crippen LogP contribution in [-0.4, -0.2) is 12.1 Å². The van der Waals surface area contributed by atoms with Gasteiger partial charge in [-0.2, -0.15) is 5.10 Å². The Balaban J connectivity index is 1.55. The van der Waals surface area contributed by atoms with E-state index in [1.165, 1.54) is 16.7 Å². The van der Waals surface area contributed by atoms with Gasteiger partial charge in [0.25, 0.3) is 0 Å². The van der Waals surface area contributed by atoms with Gasteiger partial charge in [0.1, 0.15) is 0 Å². The highest BCUT2D eigenvalue weighted by molar-refractivity contribution is 6.01. The third kappa shape index (κ3) is 6.17. The van der Waals surface area contributed by atoms with E-state index >= 15 is 0 Å². The zero-order chi connectivity index (χ0) is 23.1. The summed E-state index contributed by atoms with van der Waals surface area (Å²) in [6, 6.07) is 27.0. The van der Waals surface area contributed by atoms with Crippen LogP contribution in [0.15, 0.2) is 107 Å². The molecule has 0 heterocycles. The number of amidine groups is 1. The summed E-state index contributed by atoms with van der Waals surface area (Å²) in [6.07, 6.45) is 10.6. The molecule has 0 atom stereocenters. The number of rotatable bonds is 5. The van der Waals surface area contributed by atoms with E-state index in [9.17, 15) is 0 Å². The Labute approximate surface area is 197 Å². The third-order valence-corrected chi connectivity index (χ3v) is 5.70. The Kier molecular flexibility index (Phi) is 6.99. The number of hydrogen-bond donors (Lipinski definition) is 1. The van der Waals surface area contributed by atoms with Gasteiger partial charge in [-0.05, 0) is 52.7 Å². The van der Waals surface area contributed by atoms with Crippen LogP contribution < -0.4 is 5.43 Å². The Morgan fingerprint density at radius 1 is 0.879 bits per heavy atom. The standard InChI is InChI=1S/C30H31N3/c1-30(2,3)27-20-14-23(15-21-27)22-31-33-29(32-28-12-8-5-9-13-28)26-18-16-25(17-19-26)24-10-6-4-7-11-24/h4-6,8-10,12-22H,7,11H2,1-3H3,(H,32,33)/b31-22+. The molecule has 1 aliphatic rings. The molecule has 0 saturated carbocycles. The average Bonchev–Trinajstić information content (AvgIpc) is 2.84. The Hall–Kier alpha value is -3.72. The summed E-state index contributed by atoms with van der Waals surface area (Å²) < 4.78 is 0. The van der Waals surface area contributed by atoms with Crippen molar-refractivity contribution in [2.45, 2.75) is 39.0 Å². The lowest BCUT2D eigenvalue weighted by Gasteiger charge is -2.18. The number of benzene rings is 3. The van der Waals surface area contributed by atoms with Crippen LogP contribution in [0.3, 0.4) is 0 Å². The van der Waals surface area contributed by atoms with Gasteiger partial charge in [0.2, 0.25) is 0 Å². The van der Waals surface area contributed by atoms with Gasteiger partial charge in [0.05, 0.1) is 11.9 Å². The number of hydrazone groups is 1. The van der Waals surface area contributed by atoms with Crippen molar-refractivity contribution in [2.24, 2.45) is 10.1 Å². The third-order valence-electron chi connectivity index (χ3n) is 5.70. The van der Waals surface area contributed by atoms with E-state index < -0.39 is 0 Å². The molecule has 4 rings (SSSR count). The second-order valence-electron chi connectivity index (χ2n) is 9.27. The molecule has 1 N–H and O–H groups in total. The van der Waals surface area contributed by atoms with Crippen LogP contribution in [0.2, 0.25) is 0 Å². The first-order valence-electron chi connectivity index (χ1n) is 11.5. The SMILES string of the molecule is CC(C)(C)c1ccc(/C=N/NC(=Nc2ccccc2)c2ccc(C3=CC=CCC3)cc2)cc1. The quantitative estimate of drug-likeness (QED) is 0.254. The molecule has 3 nitrogen and oxygen atoms in total. The molecule has 0 amide bonds. The number of aliphatic imine (C=N–C) groups is 1. The molecule has 33 heavy (non-hydrogen) atoms. The van der Waals surface area contributed by atoms with E-state index in [1.807, 2.05) is 36.5 Å². The number of para-hydroxylation sites is 1. The number of allylic oxidation sites excluding steroid dienone is 4. The molecule has 166 valence electrons. The number of nitrogens with one attached hydrogen (secondary N) is 1. The van der Waals surface area contributed by atoms with Crippen molar-refractivity contribution in [1.29, 1.82) is 0 Å². The van der Waals surface area contributed by atoms with Gasteiger partial charge >= 0.3 is 0 Å². The van der Waals surface area contributed by atoms with Gasteiger partial charge in [-0.1, -0.05) is 106 Å². The van der Waals surface area contributed by atoms with E-state index in [0.717, 1.165) is 29.7 Å². The topological polar surface area (TPSA) is 36.8 Å². The zero-order valence-electron chi connectivity index (χ0n) is 19.6. The predicted octanol–water partition coefficient (Wildman–Crippen LogP) is 7.42. The molecule has 3 aromatic rings. The van der Waals surface area contributed by atoms with E-state index in [-0.39, 0.29) is 5.41 Å². The Morgan fingerprint density at radius 3 is 2.24 bits per heavy atom. The average molecular weight is 434 g/mol. The second kappa shape index (κ2) is 10.3. The van der Waals surface area contributed by atoms with Crippen molar-refractivity contribution in [3.8, 4) is 0 Å². The van der Waals surface area contributed by atoms with Gasteiger partial charge in [-0.25, -0.2) is 4.99 Å². The normalized spacial score (nSPS) is 14.4. The minimum Gasteiger partial charge on any atom is -0.261 e. The van der Waals surface area contributed by atoms with Gasteiger partial charge in [0.15, 0.2) is 5.84 Å². The molecule has 0 saturated heterocycles. The van der Waals surface area contributed by atoms with Crippen LogP contribution in [0, 0.1) is 0 Å². The molecule has 3 heteroatoms. The second-order valence-corrected chi connectivity index (χ2v) is 9.27. The highest BCUT2D eigenvalue weighted by Crippen LogP contribution is 2.24. The lowest BCUT2D eigenvalue weighted by atomic mass is 9.87. The number of nitrogens with zero attached hydrogens (tertiary/aromatic N) is 2. The fraction of sp³-hybridized carbons (Fsp3) is 0.200. The van der Waals surface area contributed by atoms with E-state index in [0.29, 0.717) is 5.84 Å². The molecular formula is C30H31N3. The van der Waals surface area contributed by atoms with Crippen molar-refractivity contribution < 1.29 is 0 Å². The van der Waals surface area contributed by atoms with Crippen molar-refractivity contribution in [3.05, 3.63) is 119 Å². The van der Waals surface area contributed by atoms with Crippen LogP contribution in [0.4, 0.5) is 5.69 Å². The van der Waals surface area contributed by atoms with Crippen LogP contribution in [0.1, 0.15) is 55.9 Å². The molecule has 0 aromatic heterocycles. The molecular weight excluding hydrogens is 402 g/mol. The summed E-state index contributed by atoms with van der Waals surface area (Å²) in [5, 5.41) is 4.49. The van der Waals surface area contributed by atoms with Crippen LogP contribution >= 0.6 is 0 Å². The molecule has 1 aliphatic carbocycles. The Bertz CT molecular complexity index is 1170. The molecule has 3 aromatic carbocycles. The molecule has 0 bridgehead atoms. The number of hydrogen-bond acceptors (Lipinski definition) is 2. The first kappa shape index (κ1) is 22.5. The summed E-state index contributed by atoms with van der Waals surface area (Å²) in [5.74, 6) is 0.716. The van der Waals surface area contributed by atoms with Crippen LogP contribution in [-0.2, 0) is 5.41 Å². The van der Waals surface area contributed by atoms with Crippen molar-refractivity contribution >= 4 is 23.3 Å². The largest absolute Gasteiger partial charge is 0.261 e. The Morgan fingerprint density at radius 2 is 1.61 bits per heavy atom. The molecule has 0 unspecified atom stereocenters. The predicted molar refractivity (Wildman–Crippen MR) is 141 cm³/mol. The first-order chi connectivity index (χ1) is 16.0. The van der Waals surface area contributed by atoms with Crippen molar-refractivity contribution in [2.75, 3.05) is 0 Å². The van der Waals surface area contributed by atoms with E-state index in [4.69, 9.17) is 4.99 Å². The van der Waals surface area contributed by atoms with Crippen LogP contribution in [0.5, 0.6) is 0 Å². The highest BCUT2D eigenvalue weighted by atomic mass is 15.3. The van der Waals surface area contributed by atoms with Gasteiger partial charge in [-0.15, -0.1) is 0 Å². The lowest BCUT2D eigenvalue weighted by Crippen LogP contribution is -2.19. The maximum absolute atomic E-state index is 4.81. The smallest absolute Gasteiger partial charge is 0.154 e. The first-order valence-corrected chi connectivity index (χ1v) is 11.5. The lowest BCUT2D eigenvalue weighted by molar-refractivity contribution is 0.590. The maximum Gasteiger partial charge on any atom is 0.154 e. The van der Waals surface area contributed by atoms with Gasteiger partial charge in [-0.3, -0.25) is 5.43 Å². The maximum atomic E-state index is 4.81. The fourth-order valence-corrected chi connectivity index (χ4v) is 3.71. The minimum absolute atomic E-state index is 0.138. The summed E-state index contributed by atoms with van der Waals surface area (Å²) >= 11 is 0. The molecule has 0 spiro atoms. The van der Waals surface area contributed by atoms with Crippen LogP contribution in [0.25, 0.3) is 5.57 Å². The van der Waals surface area contributed by atoms with E-state index in [2.05, 4.69) is 98.1 Å². The van der Waals surface area contributed by atoms with E-state index in [1.54, 1.807) is 0 Å².